The number of halogens is 1. The number of pyridine rings is 1. The van der Waals surface area contributed by atoms with Crippen molar-refractivity contribution in [2.45, 2.75) is 6.54 Å². The van der Waals surface area contributed by atoms with Crippen LogP contribution in [-0.2, 0) is 6.54 Å². The summed E-state index contributed by atoms with van der Waals surface area (Å²) in [5, 5.41) is 8.89. The topological polar surface area (TPSA) is 65.9 Å². The molecule has 0 saturated carbocycles. The van der Waals surface area contributed by atoms with Gasteiger partial charge in [0, 0.05) is 11.9 Å². The van der Waals surface area contributed by atoms with Crippen molar-refractivity contribution in [2.24, 2.45) is 0 Å². The fourth-order valence-electron chi connectivity index (χ4n) is 1.51. The third kappa shape index (κ3) is 2.73. The van der Waals surface area contributed by atoms with Crippen LogP contribution in [0.25, 0.3) is 0 Å². The van der Waals surface area contributed by atoms with E-state index in [0.717, 1.165) is 9.21 Å². The normalized spacial score (nSPS) is 10.1. The lowest BCUT2D eigenvalue weighted by Crippen LogP contribution is -2.17. The van der Waals surface area contributed by atoms with E-state index in [1.54, 1.807) is 12.1 Å². The van der Waals surface area contributed by atoms with Crippen LogP contribution in [0.1, 0.15) is 10.6 Å². The first-order valence-corrected chi connectivity index (χ1v) is 6.41. The minimum Gasteiger partial charge on any atom is -0.396 e. The summed E-state index contributed by atoms with van der Waals surface area (Å²) in [6, 6.07) is 9.31. The molecule has 0 aromatic carbocycles. The molecule has 0 amide bonds. The summed E-state index contributed by atoms with van der Waals surface area (Å²) in [7, 11) is 1.91. The van der Waals surface area contributed by atoms with Gasteiger partial charge in [0.15, 0.2) is 5.69 Å². The molecule has 0 spiro atoms. The standard InChI is InChI=1S/C12H11ClN4S/c1-17(7-8-2-4-11(13)18-8)12-5-3-9(15)10(6-14)16-12/h2-5H,7,15H2,1H3. The van der Waals surface area contributed by atoms with Gasteiger partial charge < -0.3 is 10.6 Å². The lowest BCUT2D eigenvalue weighted by atomic mass is 10.3. The van der Waals surface area contributed by atoms with Gasteiger partial charge in [-0.15, -0.1) is 11.3 Å². The highest BCUT2D eigenvalue weighted by Gasteiger charge is 2.08. The van der Waals surface area contributed by atoms with Crippen molar-refractivity contribution in [1.82, 2.24) is 4.98 Å². The van der Waals surface area contributed by atoms with Gasteiger partial charge in [-0.25, -0.2) is 4.98 Å². The number of nitrogens with two attached hydrogens (primary N) is 1. The van der Waals surface area contributed by atoms with E-state index in [0.29, 0.717) is 18.1 Å². The average Bonchev–Trinajstić information content (AvgIpc) is 2.75. The van der Waals surface area contributed by atoms with E-state index in [1.165, 1.54) is 11.3 Å². The van der Waals surface area contributed by atoms with E-state index >= 15 is 0 Å². The zero-order valence-corrected chi connectivity index (χ0v) is 11.3. The second kappa shape index (κ2) is 5.25. The van der Waals surface area contributed by atoms with Crippen LogP contribution < -0.4 is 10.6 Å². The Morgan fingerprint density at radius 1 is 1.44 bits per heavy atom. The van der Waals surface area contributed by atoms with E-state index in [-0.39, 0.29) is 5.69 Å². The first-order valence-electron chi connectivity index (χ1n) is 5.22. The Hall–Kier alpha value is -1.77. The second-order valence-electron chi connectivity index (χ2n) is 3.78. The third-order valence-electron chi connectivity index (χ3n) is 2.43. The minimum atomic E-state index is 0.253. The van der Waals surface area contributed by atoms with Crippen LogP contribution in [0.15, 0.2) is 24.3 Å². The number of hydrogen-bond donors (Lipinski definition) is 1. The monoisotopic (exact) mass is 278 g/mol. The molecule has 0 atom stereocenters. The molecule has 0 radical (unpaired) electrons. The highest BCUT2D eigenvalue weighted by atomic mass is 35.5. The molecule has 6 heteroatoms. The Labute approximate surface area is 114 Å². The van der Waals surface area contributed by atoms with Crippen molar-refractivity contribution in [3.63, 3.8) is 0 Å². The molecule has 2 heterocycles. The van der Waals surface area contributed by atoms with Gasteiger partial charge in [-0.3, -0.25) is 0 Å². The molecular weight excluding hydrogens is 268 g/mol. The zero-order valence-electron chi connectivity index (χ0n) is 9.72. The van der Waals surface area contributed by atoms with E-state index < -0.39 is 0 Å². The fraction of sp³-hybridized carbons (Fsp3) is 0.167. The molecule has 2 rings (SSSR count). The summed E-state index contributed by atoms with van der Waals surface area (Å²) in [6.07, 6.45) is 0. The van der Waals surface area contributed by atoms with Gasteiger partial charge in [0.25, 0.3) is 0 Å². The maximum absolute atomic E-state index is 8.89. The van der Waals surface area contributed by atoms with Crippen molar-refractivity contribution in [3.8, 4) is 6.07 Å². The predicted molar refractivity (Wildman–Crippen MR) is 74.8 cm³/mol. The van der Waals surface area contributed by atoms with Crippen molar-refractivity contribution in [1.29, 1.82) is 5.26 Å². The average molecular weight is 279 g/mol. The summed E-state index contributed by atoms with van der Waals surface area (Å²) >= 11 is 7.41. The first kappa shape index (κ1) is 12.7. The maximum Gasteiger partial charge on any atom is 0.165 e. The number of nitrogen functional groups attached to an aromatic ring is 1. The van der Waals surface area contributed by atoms with Gasteiger partial charge >= 0.3 is 0 Å². The van der Waals surface area contributed by atoms with Gasteiger partial charge in [-0.05, 0) is 24.3 Å². The van der Waals surface area contributed by atoms with Crippen LogP contribution in [-0.4, -0.2) is 12.0 Å². The molecule has 2 aromatic rings. The van der Waals surface area contributed by atoms with Crippen LogP contribution in [0.2, 0.25) is 4.34 Å². The summed E-state index contributed by atoms with van der Waals surface area (Å²) in [6.45, 7) is 0.694. The number of anilines is 2. The number of hydrogen-bond acceptors (Lipinski definition) is 5. The molecule has 92 valence electrons. The van der Waals surface area contributed by atoms with Gasteiger partial charge in [0.2, 0.25) is 0 Å². The molecule has 0 fully saturated rings. The second-order valence-corrected chi connectivity index (χ2v) is 5.58. The Balaban J connectivity index is 2.19. The van der Waals surface area contributed by atoms with E-state index in [1.807, 2.05) is 30.1 Å². The molecule has 0 aliphatic rings. The van der Waals surface area contributed by atoms with Crippen LogP contribution in [0.3, 0.4) is 0 Å². The molecule has 2 N–H and O–H groups in total. The number of thiophene rings is 1. The number of nitriles is 1. The van der Waals surface area contributed by atoms with Gasteiger partial charge in [0.05, 0.1) is 16.6 Å². The molecule has 0 saturated heterocycles. The number of rotatable bonds is 3. The molecule has 2 aromatic heterocycles. The van der Waals surface area contributed by atoms with E-state index in [4.69, 9.17) is 22.6 Å². The SMILES string of the molecule is CN(Cc1ccc(Cl)s1)c1ccc(N)c(C#N)n1. The Morgan fingerprint density at radius 2 is 2.22 bits per heavy atom. The third-order valence-corrected chi connectivity index (χ3v) is 3.65. The fourth-order valence-corrected chi connectivity index (χ4v) is 2.65. The summed E-state index contributed by atoms with van der Waals surface area (Å²) in [5.74, 6) is 0.713. The Kier molecular flexibility index (Phi) is 3.70. The molecule has 0 aliphatic carbocycles. The van der Waals surface area contributed by atoms with Crippen molar-refractivity contribution >= 4 is 34.4 Å². The molecule has 18 heavy (non-hydrogen) atoms. The smallest absolute Gasteiger partial charge is 0.165 e. The highest BCUT2D eigenvalue weighted by molar-refractivity contribution is 7.16. The molecule has 0 unspecified atom stereocenters. The quantitative estimate of drug-likeness (QED) is 0.937. The zero-order chi connectivity index (χ0) is 13.1. The van der Waals surface area contributed by atoms with Crippen LogP contribution in [0, 0.1) is 11.3 Å². The summed E-state index contributed by atoms with van der Waals surface area (Å²) in [4.78, 5) is 7.29. The van der Waals surface area contributed by atoms with Crippen molar-refractivity contribution < 1.29 is 0 Å². The maximum atomic E-state index is 8.89. The molecule has 4 nitrogen and oxygen atoms in total. The molecule has 0 aliphatic heterocycles. The lowest BCUT2D eigenvalue weighted by Gasteiger charge is -2.17. The first-order chi connectivity index (χ1) is 8.60. The van der Waals surface area contributed by atoms with Gasteiger partial charge in [0.1, 0.15) is 11.9 Å². The van der Waals surface area contributed by atoms with Crippen LogP contribution >= 0.6 is 22.9 Å². The number of nitrogens with zero attached hydrogens (tertiary/aromatic N) is 3. The largest absolute Gasteiger partial charge is 0.396 e. The van der Waals surface area contributed by atoms with Gasteiger partial charge in [-0.2, -0.15) is 5.26 Å². The summed E-state index contributed by atoms with van der Waals surface area (Å²) < 4.78 is 0.765. The molecule has 0 bridgehead atoms. The van der Waals surface area contributed by atoms with Crippen LogP contribution in [0.5, 0.6) is 0 Å². The molecular formula is C12H11ClN4S. The van der Waals surface area contributed by atoms with Crippen LogP contribution in [0.4, 0.5) is 11.5 Å². The number of aromatic nitrogens is 1. The summed E-state index contributed by atoms with van der Waals surface area (Å²) in [5.41, 5.74) is 6.29. The predicted octanol–water partition coefficient (Wildman–Crippen LogP) is 2.89. The Bertz CT molecular complexity index is 602. The Morgan fingerprint density at radius 3 is 2.83 bits per heavy atom. The minimum absolute atomic E-state index is 0.253. The van der Waals surface area contributed by atoms with Crippen molar-refractivity contribution in [2.75, 3.05) is 17.7 Å². The van der Waals surface area contributed by atoms with Gasteiger partial charge in [-0.1, -0.05) is 11.6 Å². The van der Waals surface area contributed by atoms with E-state index in [2.05, 4.69) is 4.98 Å². The van der Waals surface area contributed by atoms with Crippen molar-refractivity contribution in [3.05, 3.63) is 39.2 Å². The van der Waals surface area contributed by atoms with E-state index in [9.17, 15) is 0 Å². The highest BCUT2D eigenvalue weighted by Crippen LogP contribution is 2.24. The lowest BCUT2D eigenvalue weighted by molar-refractivity contribution is 0.911.